The van der Waals surface area contributed by atoms with Crippen LogP contribution in [0.1, 0.15) is 5.56 Å². The third-order valence-corrected chi connectivity index (χ3v) is 5.45. The number of hydrogen-bond acceptors (Lipinski definition) is 6. The van der Waals surface area contributed by atoms with Crippen LogP contribution in [0.5, 0.6) is 11.5 Å². The van der Waals surface area contributed by atoms with Crippen LogP contribution < -0.4 is 20.1 Å². The highest BCUT2D eigenvalue weighted by Crippen LogP contribution is 2.35. The van der Waals surface area contributed by atoms with Crippen molar-refractivity contribution in [3.63, 3.8) is 0 Å². The van der Waals surface area contributed by atoms with E-state index < -0.39 is 11.8 Å². The van der Waals surface area contributed by atoms with E-state index >= 15 is 0 Å². The van der Waals surface area contributed by atoms with E-state index in [0.717, 1.165) is 0 Å². The molecule has 160 valence electrons. The average molecular weight is 551 g/mol. The molecule has 1 aliphatic rings. The van der Waals surface area contributed by atoms with Crippen LogP contribution in [0.15, 0.2) is 48.0 Å². The number of thiocarbonyl (C=S) groups is 1. The van der Waals surface area contributed by atoms with Crippen molar-refractivity contribution in [2.75, 3.05) is 26.1 Å². The van der Waals surface area contributed by atoms with Gasteiger partial charge in [0.1, 0.15) is 5.57 Å². The number of nitrogens with one attached hydrogen (secondary N) is 2. The molecule has 10 heteroatoms. The molecule has 8 nitrogen and oxygen atoms in total. The topological polar surface area (TPSA) is 97.0 Å². The monoisotopic (exact) mass is 551 g/mol. The zero-order valence-electron chi connectivity index (χ0n) is 16.6. The number of ether oxygens (including phenoxy) is 2. The summed E-state index contributed by atoms with van der Waals surface area (Å²) in [4.78, 5) is 37.9. The molecule has 0 radical (unpaired) electrons. The number of hydrogen-bond donors (Lipinski definition) is 2. The second-order valence-corrected chi connectivity index (χ2v) is 7.97. The third-order valence-electron chi connectivity index (χ3n) is 4.27. The molecular weight excluding hydrogens is 533 g/mol. The minimum absolute atomic E-state index is 0.0511. The highest BCUT2D eigenvalue weighted by Gasteiger charge is 2.30. The lowest BCUT2D eigenvalue weighted by Crippen LogP contribution is -2.52. The Balaban J connectivity index is 1.79. The van der Waals surface area contributed by atoms with Crippen molar-refractivity contribution in [1.29, 1.82) is 0 Å². The zero-order chi connectivity index (χ0) is 22.5. The Morgan fingerprint density at radius 1 is 1.26 bits per heavy atom. The van der Waals surface area contributed by atoms with Gasteiger partial charge in [-0.1, -0.05) is 18.2 Å². The van der Waals surface area contributed by atoms with Crippen LogP contribution in [-0.4, -0.2) is 48.5 Å². The van der Waals surface area contributed by atoms with Crippen molar-refractivity contribution in [2.24, 2.45) is 0 Å². The second kappa shape index (κ2) is 9.88. The fraction of sp³-hybridized carbons (Fsp3) is 0.143. The van der Waals surface area contributed by atoms with Crippen LogP contribution in [0.3, 0.4) is 0 Å². The lowest BCUT2D eigenvalue weighted by molar-refractivity contribution is -0.128. The van der Waals surface area contributed by atoms with Crippen LogP contribution in [0.2, 0.25) is 0 Å². The van der Waals surface area contributed by atoms with Gasteiger partial charge in [-0.15, -0.1) is 0 Å². The maximum atomic E-state index is 12.4. The first kappa shape index (κ1) is 22.7. The SMILES string of the molecule is COc1cc(C=C2C(=O)NC(=S)N(C)C2=O)cc(I)c1OCC(=O)Nc1ccccc1. The summed E-state index contributed by atoms with van der Waals surface area (Å²) < 4.78 is 11.7. The number of para-hydroxylation sites is 1. The third kappa shape index (κ3) is 5.39. The van der Waals surface area contributed by atoms with Crippen LogP contribution >= 0.6 is 34.8 Å². The molecule has 2 aromatic rings. The number of anilines is 1. The fourth-order valence-electron chi connectivity index (χ4n) is 2.73. The van der Waals surface area contributed by atoms with Gasteiger partial charge >= 0.3 is 0 Å². The number of benzene rings is 2. The van der Waals surface area contributed by atoms with Gasteiger partial charge in [-0.25, -0.2) is 0 Å². The van der Waals surface area contributed by atoms with E-state index in [1.807, 2.05) is 40.8 Å². The first-order valence-electron chi connectivity index (χ1n) is 9.00. The zero-order valence-corrected chi connectivity index (χ0v) is 19.6. The molecule has 3 amide bonds. The fourth-order valence-corrected chi connectivity index (χ4v) is 3.69. The van der Waals surface area contributed by atoms with E-state index in [0.29, 0.717) is 26.3 Å². The summed E-state index contributed by atoms with van der Waals surface area (Å²) in [6.45, 7) is -0.217. The Hall–Kier alpha value is -2.99. The molecule has 2 aromatic carbocycles. The summed E-state index contributed by atoms with van der Waals surface area (Å²) in [6.07, 6.45) is 1.45. The van der Waals surface area contributed by atoms with Gasteiger partial charge in [-0.2, -0.15) is 0 Å². The first-order valence-corrected chi connectivity index (χ1v) is 10.5. The lowest BCUT2D eigenvalue weighted by atomic mass is 10.1. The van der Waals surface area contributed by atoms with Crippen molar-refractivity contribution in [3.05, 3.63) is 57.2 Å². The smallest absolute Gasteiger partial charge is 0.265 e. The van der Waals surface area contributed by atoms with E-state index in [-0.39, 0.29) is 23.2 Å². The van der Waals surface area contributed by atoms with Crippen molar-refractivity contribution >= 4 is 69.4 Å². The number of methoxy groups -OCH3 is 1. The normalized spacial score (nSPS) is 15.0. The molecule has 0 bridgehead atoms. The van der Waals surface area contributed by atoms with E-state index in [9.17, 15) is 14.4 Å². The summed E-state index contributed by atoms with van der Waals surface area (Å²) in [5, 5.41) is 5.26. The maximum absolute atomic E-state index is 12.4. The van der Waals surface area contributed by atoms with Gasteiger partial charge in [0.25, 0.3) is 17.7 Å². The van der Waals surface area contributed by atoms with Crippen LogP contribution in [0.25, 0.3) is 6.08 Å². The minimum Gasteiger partial charge on any atom is -0.493 e. The number of halogens is 1. The predicted octanol–water partition coefficient (Wildman–Crippen LogP) is 2.57. The van der Waals surface area contributed by atoms with Gasteiger partial charge < -0.3 is 14.8 Å². The molecule has 0 saturated carbocycles. The molecule has 2 N–H and O–H groups in total. The summed E-state index contributed by atoms with van der Waals surface area (Å²) in [5.74, 6) is -0.649. The molecule has 0 unspecified atom stereocenters. The highest BCUT2D eigenvalue weighted by molar-refractivity contribution is 14.1. The molecule has 0 aliphatic carbocycles. The standard InChI is InChI=1S/C21H18IN3O5S/c1-25-20(28)14(19(27)24-21(25)31)8-12-9-15(22)18(16(10-12)29-2)30-11-17(26)23-13-6-4-3-5-7-13/h3-10H,11H2,1-2H3,(H,23,26)(H,24,27,31). The molecular formula is C21H18IN3O5S. The van der Waals surface area contributed by atoms with Gasteiger partial charge in [0, 0.05) is 12.7 Å². The van der Waals surface area contributed by atoms with Crippen molar-refractivity contribution < 1.29 is 23.9 Å². The molecule has 3 rings (SSSR count). The highest BCUT2D eigenvalue weighted by atomic mass is 127. The van der Waals surface area contributed by atoms with Crippen LogP contribution in [0.4, 0.5) is 5.69 Å². The number of likely N-dealkylation sites (N-methyl/N-ethyl adjacent to an activating group) is 1. The number of carbonyl (C=O) groups excluding carboxylic acids is 3. The van der Waals surface area contributed by atoms with Gasteiger partial charge in [0.2, 0.25) is 0 Å². The van der Waals surface area contributed by atoms with Gasteiger partial charge in [-0.3, -0.25) is 24.6 Å². The largest absolute Gasteiger partial charge is 0.493 e. The minimum atomic E-state index is -0.569. The molecule has 1 heterocycles. The number of carbonyl (C=O) groups is 3. The molecule has 0 spiro atoms. The summed E-state index contributed by atoms with van der Waals surface area (Å²) in [6, 6.07) is 12.4. The van der Waals surface area contributed by atoms with Crippen LogP contribution in [-0.2, 0) is 14.4 Å². The quantitative estimate of drug-likeness (QED) is 0.248. The van der Waals surface area contributed by atoms with Crippen LogP contribution in [0, 0.1) is 3.57 Å². The summed E-state index contributed by atoms with van der Waals surface area (Å²) in [7, 11) is 2.95. The Kier molecular flexibility index (Phi) is 7.23. The summed E-state index contributed by atoms with van der Waals surface area (Å²) in [5.41, 5.74) is 1.17. The first-order chi connectivity index (χ1) is 14.8. The van der Waals surface area contributed by atoms with E-state index in [4.69, 9.17) is 21.7 Å². The molecule has 1 saturated heterocycles. The second-order valence-electron chi connectivity index (χ2n) is 6.42. The Labute approximate surface area is 197 Å². The van der Waals surface area contributed by atoms with E-state index in [1.54, 1.807) is 24.3 Å². The molecule has 0 atom stereocenters. The van der Waals surface area contributed by atoms with E-state index in [1.165, 1.54) is 25.1 Å². The molecule has 1 aliphatic heterocycles. The lowest BCUT2D eigenvalue weighted by Gasteiger charge is -2.25. The summed E-state index contributed by atoms with van der Waals surface area (Å²) >= 11 is 6.98. The molecule has 31 heavy (non-hydrogen) atoms. The van der Waals surface area contributed by atoms with Gasteiger partial charge in [0.15, 0.2) is 23.2 Å². The molecule has 0 aromatic heterocycles. The van der Waals surface area contributed by atoms with Gasteiger partial charge in [0.05, 0.1) is 10.7 Å². The van der Waals surface area contributed by atoms with Crippen molar-refractivity contribution in [3.8, 4) is 11.5 Å². The maximum Gasteiger partial charge on any atom is 0.265 e. The Morgan fingerprint density at radius 3 is 2.65 bits per heavy atom. The van der Waals surface area contributed by atoms with Gasteiger partial charge in [-0.05, 0) is 70.7 Å². The average Bonchev–Trinajstić information content (AvgIpc) is 2.74. The number of rotatable bonds is 6. The van der Waals surface area contributed by atoms with Crippen molar-refractivity contribution in [2.45, 2.75) is 0 Å². The Morgan fingerprint density at radius 2 is 1.97 bits per heavy atom. The number of amides is 3. The van der Waals surface area contributed by atoms with E-state index in [2.05, 4.69) is 10.6 Å². The Bertz CT molecular complexity index is 1090. The predicted molar refractivity (Wildman–Crippen MR) is 128 cm³/mol. The van der Waals surface area contributed by atoms with Crippen molar-refractivity contribution in [1.82, 2.24) is 10.2 Å². The molecule has 1 fully saturated rings. The number of nitrogens with zero attached hydrogens (tertiary/aromatic N) is 1.